The number of allylic oxidation sites excluding steroid dienone is 18. The van der Waals surface area contributed by atoms with Crippen molar-refractivity contribution in [2.45, 2.75) is 148 Å². The zero-order valence-corrected chi connectivity index (χ0v) is 36.2. The first kappa shape index (κ1) is 53.7. The average molecular weight is 814 g/mol. The van der Waals surface area contributed by atoms with E-state index in [0.29, 0.717) is 12.8 Å². The third kappa shape index (κ3) is 42.1. The maximum absolute atomic E-state index is 12.6. The second-order valence-electron chi connectivity index (χ2n) is 13.4. The lowest BCUT2D eigenvalue weighted by atomic mass is 10.1. The summed E-state index contributed by atoms with van der Waals surface area (Å²) < 4.78 is 32.7. The monoisotopic (exact) mass is 814 g/mol. The van der Waals surface area contributed by atoms with Crippen LogP contribution in [0.15, 0.2) is 109 Å². The van der Waals surface area contributed by atoms with Crippen molar-refractivity contribution in [1.29, 1.82) is 0 Å². The Labute approximate surface area is 346 Å². The van der Waals surface area contributed by atoms with Crippen LogP contribution in [0.1, 0.15) is 142 Å². The molecule has 9 nitrogen and oxygen atoms in total. The van der Waals surface area contributed by atoms with Crippen LogP contribution in [0.2, 0.25) is 0 Å². The molecule has 0 heterocycles. The Balaban J connectivity index is 4.31. The Kier molecular flexibility index (Phi) is 39.8. The number of phosphoric ester groups is 1. The minimum Gasteiger partial charge on any atom is -0.462 e. The van der Waals surface area contributed by atoms with Crippen LogP contribution in [0.25, 0.3) is 0 Å². The van der Waals surface area contributed by atoms with Crippen molar-refractivity contribution in [1.82, 2.24) is 0 Å². The van der Waals surface area contributed by atoms with E-state index in [9.17, 15) is 19.0 Å². The number of ether oxygens (including phenoxy) is 2. The molecule has 322 valence electrons. The SMILES string of the molecule is CC/C=C\C/C=C\C/C=C\C/C=C\C/C=C\C/C=C\CCCCC(=O)OC(COC(=O)CCCCCCC/C=C\C/C=C\C/C=C\CC)COP(=O)(O)OCCN. The number of hydrogen-bond donors (Lipinski definition) is 2. The molecule has 0 saturated carbocycles. The fourth-order valence-electron chi connectivity index (χ4n) is 5.06. The molecule has 2 unspecified atom stereocenters. The van der Waals surface area contributed by atoms with E-state index < -0.39 is 32.5 Å². The molecule has 3 N–H and O–H groups in total. The zero-order chi connectivity index (χ0) is 41.8. The van der Waals surface area contributed by atoms with Crippen LogP contribution in [0.5, 0.6) is 0 Å². The van der Waals surface area contributed by atoms with Gasteiger partial charge in [0, 0.05) is 19.4 Å². The van der Waals surface area contributed by atoms with E-state index in [1.54, 1.807) is 0 Å². The molecule has 0 aliphatic carbocycles. The molecule has 57 heavy (non-hydrogen) atoms. The standard InChI is InChI=1S/C47H76NO8P/c1-3-5-7-9-11-13-15-17-19-20-21-22-23-24-26-28-30-32-34-36-38-40-47(50)56-45(44-55-57(51,52)54-42-41-48)43-53-46(49)39-37-35-33-31-29-27-25-18-16-14-12-10-8-6-4-2/h5-8,11-14,17-19,21-22,24-26,30,32,45H,3-4,9-10,15-16,20,23,27-29,31,33-44,48H2,1-2H3,(H,51,52)/b7-5-,8-6-,13-11-,14-12-,19-17-,22-21-,25-18-,26-24-,32-30-. The van der Waals surface area contributed by atoms with E-state index in [0.717, 1.165) is 103 Å². The molecule has 0 aliphatic heterocycles. The van der Waals surface area contributed by atoms with Gasteiger partial charge in [-0.15, -0.1) is 0 Å². The number of unbranched alkanes of at least 4 members (excludes halogenated alkanes) is 7. The minimum atomic E-state index is -4.40. The Bertz CT molecular complexity index is 1290. The number of nitrogens with two attached hydrogens (primary N) is 1. The van der Waals surface area contributed by atoms with E-state index in [1.165, 1.54) is 0 Å². The summed E-state index contributed by atoms with van der Waals surface area (Å²) in [7, 11) is -4.40. The van der Waals surface area contributed by atoms with Crippen LogP contribution in [0.4, 0.5) is 0 Å². The van der Waals surface area contributed by atoms with Gasteiger partial charge in [-0.05, 0) is 96.3 Å². The van der Waals surface area contributed by atoms with Crippen LogP contribution in [-0.2, 0) is 32.7 Å². The lowest BCUT2D eigenvalue weighted by Gasteiger charge is -2.19. The summed E-state index contributed by atoms with van der Waals surface area (Å²) >= 11 is 0. The number of carbonyl (C=O) groups excluding carboxylic acids is 2. The number of phosphoric acid groups is 1. The normalized spacial score (nSPS) is 14.4. The Morgan fingerprint density at radius 3 is 1.39 bits per heavy atom. The second kappa shape index (κ2) is 42.3. The van der Waals surface area contributed by atoms with Crippen molar-refractivity contribution < 1.29 is 37.6 Å². The molecule has 0 aromatic heterocycles. The highest BCUT2D eigenvalue weighted by atomic mass is 31.2. The summed E-state index contributed by atoms with van der Waals surface area (Å²) in [6.45, 7) is 3.40. The fourth-order valence-corrected chi connectivity index (χ4v) is 5.83. The van der Waals surface area contributed by atoms with Crippen LogP contribution < -0.4 is 5.73 Å². The maximum Gasteiger partial charge on any atom is 0.472 e. The van der Waals surface area contributed by atoms with Gasteiger partial charge < -0.3 is 20.1 Å². The Morgan fingerprint density at radius 1 is 0.526 bits per heavy atom. The van der Waals surface area contributed by atoms with E-state index >= 15 is 0 Å². The molecule has 0 aromatic rings. The summed E-state index contributed by atoms with van der Waals surface area (Å²) in [5, 5.41) is 0. The third-order valence-corrected chi connectivity index (χ3v) is 9.14. The molecule has 0 fully saturated rings. The van der Waals surface area contributed by atoms with Crippen molar-refractivity contribution in [3.05, 3.63) is 109 Å². The van der Waals surface area contributed by atoms with Crippen molar-refractivity contribution in [2.24, 2.45) is 5.73 Å². The van der Waals surface area contributed by atoms with E-state index in [4.69, 9.17) is 24.3 Å². The molecule has 0 radical (unpaired) electrons. The summed E-state index contributed by atoms with van der Waals surface area (Å²) in [5.41, 5.74) is 5.34. The smallest absolute Gasteiger partial charge is 0.462 e. The van der Waals surface area contributed by atoms with E-state index in [2.05, 4.69) is 123 Å². The predicted octanol–water partition coefficient (Wildman–Crippen LogP) is 12.4. The molecular weight excluding hydrogens is 737 g/mol. The topological polar surface area (TPSA) is 134 Å². The molecule has 0 bridgehead atoms. The summed E-state index contributed by atoms with van der Waals surface area (Å²) in [5.74, 6) is -0.913. The predicted molar refractivity (Wildman–Crippen MR) is 238 cm³/mol. The Morgan fingerprint density at radius 2 is 0.912 bits per heavy atom. The molecule has 2 atom stereocenters. The third-order valence-electron chi connectivity index (χ3n) is 8.15. The lowest BCUT2D eigenvalue weighted by Crippen LogP contribution is -2.29. The molecule has 10 heteroatoms. The maximum atomic E-state index is 12.6. The van der Waals surface area contributed by atoms with Gasteiger partial charge in [0.1, 0.15) is 6.61 Å². The van der Waals surface area contributed by atoms with Crippen molar-refractivity contribution in [3.63, 3.8) is 0 Å². The average Bonchev–Trinajstić information content (AvgIpc) is 3.20. The molecule has 0 amide bonds. The lowest BCUT2D eigenvalue weighted by molar-refractivity contribution is -0.161. The second-order valence-corrected chi connectivity index (χ2v) is 14.9. The van der Waals surface area contributed by atoms with Gasteiger partial charge in [0.15, 0.2) is 6.10 Å². The highest BCUT2D eigenvalue weighted by Gasteiger charge is 2.25. The number of hydrogen-bond acceptors (Lipinski definition) is 8. The molecule has 0 aromatic carbocycles. The number of rotatable bonds is 38. The minimum absolute atomic E-state index is 0.0367. The molecule has 0 rings (SSSR count). The highest BCUT2D eigenvalue weighted by Crippen LogP contribution is 2.43. The van der Waals surface area contributed by atoms with E-state index in [1.807, 2.05) is 0 Å². The van der Waals surface area contributed by atoms with Gasteiger partial charge in [-0.1, -0.05) is 142 Å². The van der Waals surface area contributed by atoms with Gasteiger partial charge in [0.05, 0.1) is 13.2 Å². The van der Waals surface area contributed by atoms with Gasteiger partial charge >= 0.3 is 19.8 Å². The van der Waals surface area contributed by atoms with Crippen LogP contribution in [0.3, 0.4) is 0 Å². The number of carbonyl (C=O) groups is 2. The first-order valence-electron chi connectivity index (χ1n) is 21.4. The van der Waals surface area contributed by atoms with Crippen LogP contribution in [0, 0.1) is 0 Å². The van der Waals surface area contributed by atoms with Crippen molar-refractivity contribution >= 4 is 19.8 Å². The number of esters is 2. The zero-order valence-electron chi connectivity index (χ0n) is 35.3. The Hall–Kier alpha value is -3.33. The largest absolute Gasteiger partial charge is 0.472 e. The summed E-state index contributed by atoms with van der Waals surface area (Å²) in [6.07, 6.45) is 55.5. The highest BCUT2D eigenvalue weighted by molar-refractivity contribution is 7.47. The van der Waals surface area contributed by atoms with Crippen molar-refractivity contribution in [2.75, 3.05) is 26.4 Å². The fraction of sp³-hybridized carbons (Fsp3) is 0.574. The molecule has 0 aliphatic rings. The van der Waals surface area contributed by atoms with Crippen LogP contribution >= 0.6 is 7.82 Å². The molecule has 0 spiro atoms. The van der Waals surface area contributed by atoms with E-state index in [-0.39, 0.29) is 32.6 Å². The van der Waals surface area contributed by atoms with Gasteiger partial charge in [-0.2, -0.15) is 0 Å². The van der Waals surface area contributed by atoms with Gasteiger partial charge in [0.25, 0.3) is 0 Å². The molecule has 0 saturated heterocycles. The first-order valence-corrected chi connectivity index (χ1v) is 22.9. The quantitative estimate of drug-likeness (QED) is 0.0270. The first-order chi connectivity index (χ1) is 27.8. The van der Waals surface area contributed by atoms with Gasteiger partial charge in [-0.25, -0.2) is 4.57 Å². The van der Waals surface area contributed by atoms with Crippen molar-refractivity contribution in [3.8, 4) is 0 Å². The van der Waals surface area contributed by atoms with Crippen LogP contribution in [-0.4, -0.2) is 49.3 Å². The summed E-state index contributed by atoms with van der Waals surface area (Å²) in [4.78, 5) is 34.9. The van der Waals surface area contributed by atoms with Gasteiger partial charge in [0.2, 0.25) is 0 Å². The summed E-state index contributed by atoms with van der Waals surface area (Å²) in [6, 6.07) is 0. The van der Waals surface area contributed by atoms with Gasteiger partial charge in [-0.3, -0.25) is 18.6 Å². The molecular formula is C47H76NO8P.